The number of nitrogens with zero attached hydrogens (tertiary/aromatic N) is 3. The summed E-state index contributed by atoms with van der Waals surface area (Å²) >= 11 is 0. The molecule has 0 saturated heterocycles. The van der Waals surface area contributed by atoms with Crippen molar-refractivity contribution in [3.8, 4) is 6.07 Å². The van der Waals surface area contributed by atoms with Crippen molar-refractivity contribution in [2.24, 2.45) is 0 Å². The maximum Gasteiger partial charge on any atom is 0.227 e. The van der Waals surface area contributed by atoms with Gasteiger partial charge in [0.05, 0.1) is 6.07 Å². The van der Waals surface area contributed by atoms with Gasteiger partial charge in [-0.05, 0) is 6.92 Å². The van der Waals surface area contributed by atoms with Crippen molar-refractivity contribution in [3.05, 3.63) is 11.7 Å². The van der Waals surface area contributed by atoms with Crippen LogP contribution in [0.1, 0.15) is 31.2 Å². The minimum Gasteiger partial charge on any atom is -0.374 e. The molecule has 1 aromatic rings. The second kappa shape index (κ2) is 4.58. The molecule has 0 saturated carbocycles. The Balaban J connectivity index is 2.59. The number of aryl methyl sites for hydroxylation is 1. The van der Waals surface area contributed by atoms with Crippen LogP contribution in [0.4, 0.5) is 0 Å². The Morgan fingerprint density at radius 1 is 1.69 bits per heavy atom. The quantitative estimate of drug-likeness (QED) is 0.698. The monoisotopic (exact) mass is 181 g/mol. The molecule has 0 amide bonds. The maximum atomic E-state index is 8.33. The van der Waals surface area contributed by atoms with Crippen LogP contribution in [0.5, 0.6) is 0 Å². The van der Waals surface area contributed by atoms with Crippen LogP contribution in [-0.2, 0) is 11.2 Å². The summed E-state index contributed by atoms with van der Waals surface area (Å²) in [5.74, 6) is 1.01. The summed E-state index contributed by atoms with van der Waals surface area (Å²) in [5.41, 5.74) is 0. The lowest BCUT2D eigenvalue weighted by atomic mass is 10.3. The Morgan fingerprint density at radius 3 is 3.08 bits per heavy atom. The van der Waals surface area contributed by atoms with Gasteiger partial charge in [-0.25, -0.2) is 0 Å². The van der Waals surface area contributed by atoms with E-state index in [1.165, 1.54) is 0 Å². The predicted octanol–water partition coefficient (Wildman–Crippen LogP) is 1.23. The van der Waals surface area contributed by atoms with Gasteiger partial charge >= 0.3 is 0 Å². The van der Waals surface area contributed by atoms with Crippen molar-refractivity contribution in [2.75, 3.05) is 7.11 Å². The van der Waals surface area contributed by atoms with Crippen LogP contribution in [0, 0.1) is 11.3 Å². The molecule has 1 aromatic heterocycles. The van der Waals surface area contributed by atoms with Gasteiger partial charge in [-0.3, -0.25) is 0 Å². The summed E-state index contributed by atoms with van der Waals surface area (Å²) in [5, 5.41) is 12.0. The Morgan fingerprint density at radius 2 is 2.46 bits per heavy atom. The van der Waals surface area contributed by atoms with Crippen LogP contribution >= 0.6 is 0 Å². The van der Waals surface area contributed by atoms with Gasteiger partial charge in [-0.15, -0.1) is 0 Å². The van der Waals surface area contributed by atoms with E-state index in [-0.39, 0.29) is 6.10 Å². The van der Waals surface area contributed by atoms with Gasteiger partial charge in [0.25, 0.3) is 0 Å². The topological polar surface area (TPSA) is 71.9 Å². The summed E-state index contributed by atoms with van der Waals surface area (Å²) in [6.45, 7) is 1.83. The molecular weight excluding hydrogens is 170 g/mol. The van der Waals surface area contributed by atoms with E-state index in [9.17, 15) is 0 Å². The molecule has 0 radical (unpaired) electrons. The molecule has 5 heteroatoms. The van der Waals surface area contributed by atoms with Crippen LogP contribution < -0.4 is 0 Å². The minimum atomic E-state index is -0.167. The molecule has 0 aliphatic carbocycles. The van der Waals surface area contributed by atoms with Gasteiger partial charge < -0.3 is 9.26 Å². The smallest absolute Gasteiger partial charge is 0.227 e. The van der Waals surface area contributed by atoms with Gasteiger partial charge in [0.1, 0.15) is 6.10 Å². The van der Waals surface area contributed by atoms with Crippen LogP contribution in [0.2, 0.25) is 0 Å². The fourth-order valence-corrected chi connectivity index (χ4v) is 0.803. The van der Waals surface area contributed by atoms with Crippen LogP contribution in [-0.4, -0.2) is 17.3 Å². The van der Waals surface area contributed by atoms with E-state index in [1.807, 2.05) is 13.0 Å². The first-order valence-electron chi connectivity index (χ1n) is 4.00. The molecule has 0 aliphatic heterocycles. The highest BCUT2D eigenvalue weighted by atomic mass is 16.5. The molecule has 1 atom stereocenters. The number of ether oxygens (including phenoxy) is 1. The third-order valence-corrected chi connectivity index (χ3v) is 1.65. The lowest BCUT2D eigenvalue weighted by Gasteiger charge is -2.00. The van der Waals surface area contributed by atoms with Crippen molar-refractivity contribution in [1.82, 2.24) is 10.1 Å². The molecule has 1 rings (SSSR count). The Labute approximate surface area is 76.3 Å². The zero-order valence-corrected chi connectivity index (χ0v) is 7.65. The molecule has 0 aromatic carbocycles. The molecule has 13 heavy (non-hydrogen) atoms. The number of hydrogen-bond acceptors (Lipinski definition) is 5. The molecule has 0 bridgehead atoms. The molecule has 0 fully saturated rings. The molecule has 70 valence electrons. The van der Waals surface area contributed by atoms with Crippen LogP contribution in [0.15, 0.2) is 4.52 Å². The van der Waals surface area contributed by atoms with Crippen molar-refractivity contribution in [2.45, 2.75) is 25.9 Å². The fourth-order valence-electron chi connectivity index (χ4n) is 0.803. The number of rotatable bonds is 4. The molecular formula is C8H11N3O2. The van der Waals surface area contributed by atoms with E-state index in [0.717, 1.165) is 0 Å². The highest BCUT2D eigenvalue weighted by molar-refractivity contribution is 4.91. The number of hydrogen-bond donors (Lipinski definition) is 0. The van der Waals surface area contributed by atoms with E-state index >= 15 is 0 Å². The summed E-state index contributed by atoms with van der Waals surface area (Å²) in [4.78, 5) is 4.06. The lowest BCUT2D eigenvalue weighted by molar-refractivity contribution is 0.109. The van der Waals surface area contributed by atoms with E-state index in [1.54, 1.807) is 7.11 Å². The normalized spacial score (nSPS) is 12.4. The third kappa shape index (κ3) is 2.53. The van der Waals surface area contributed by atoms with Gasteiger partial charge in [0, 0.05) is 20.0 Å². The Hall–Kier alpha value is -1.41. The van der Waals surface area contributed by atoms with E-state index < -0.39 is 0 Å². The summed E-state index contributed by atoms with van der Waals surface area (Å²) in [7, 11) is 1.58. The van der Waals surface area contributed by atoms with Crippen molar-refractivity contribution in [1.29, 1.82) is 5.26 Å². The maximum absolute atomic E-state index is 8.33. The summed E-state index contributed by atoms with van der Waals surface area (Å²) < 4.78 is 9.90. The van der Waals surface area contributed by atoms with Crippen molar-refractivity contribution >= 4 is 0 Å². The van der Waals surface area contributed by atoms with Gasteiger partial charge in [0.15, 0.2) is 5.82 Å². The van der Waals surface area contributed by atoms with Crippen LogP contribution in [0.3, 0.4) is 0 Å². The summed E-state index contributed by atoms with van der Waals surface area (Å²) in [6.07, 6.45) is 0.725. The fraction of sp³-hybridized carbons (Fsp3) is 0.625. The number of methoxy groups -OCH3 is 1. The first-order chi connectivity index (χ1) is 6.27. The SMILES string of the molecule is COC(C)c1noc(CCC#N)n1. The number of nitriles is 1. The standard InChI is InChI=1S/C8H11N3O2/c1-6(12-2)8-10-7(13-11-8)4-3-5-9/h6H,3-4H2,1-2H3. The molecule has 0 spiro atoms. The Bertz CT molecular complexity index is 303. The predicted molar refractivity (Wildman–Crippen MR) is 43.7 cm³/mol. The highest BCUT2D eigenvalue weighted by Gasteiger charge is 2.11. The highest BCUT2D eigenvalue weighted by Crippen LogP contribution is 2.11. The first kappa shape index (κ1) is 9.68. The second-order valence-electron chi connectivity index (χ2n) is 2.58. The second-order valence-corrected chi connectivity index (χ2v) is 2.58. The van der Waals surface area contributed by atoms with Crippen LogP contribution in [0.25, 0.3) is 0 Å². The van der Waals surface area contributed by atoms with Gasteiger partial charge in [-0.2, -0.15) is 10.2 Å². The number of aromatic nitrogens is 2. The first-order valence-corrected chi connectivity index (χ1v) is 4.00. The van der Waals surface area contributed by atoms with Crippen molar-refractivity contribution in [3.63, 3.8) is 0 Å². The molecule has 1 unspecified atom stereocenters. The van der Waals surface area contributed by atoms with Gasteiger partial charge in [0.2, 0.25) is 5.89 Å². The van der Waals surface area contributed by atoms with Gasteiger partial charge in [-0.1, -0.05) is 5.16 Å². The molecule has 5 nitrogen and oxygen atoms in total. The lowest BCUT2D eigenvalue weighted by Crippen LogP contribution is -1.98. The largest absolute Gasteiger partial charge is 0.374 e. The zero-order chi connectivity index (χ0) is 9.68. The minimum absolute atomic E-state index is 0.167. The molecule has 1 heterocycles. The summed E-state index contributed by atoms with van der Waals surface area (Å²) in [6, 6.07) is 2.01. The molecule has 0 aliphatic rings. The van der Waals surface area contributed by atoms with E-state index in [2.05, 4.69) is 10.1 Å². The van der Waals surface area contributed by atoms with Crippen molar-refractivity contribution < 1.29 is 9.26 Å². The van der Waals surface area contributed by atoms with E-state index in [4.69, 9.17) is 14.5 Å². The average Bonchev–Trinajstić information content (AvgIpc) is 2.62. The molecule has 0 N–H and O–H groups in total. The average molecular weight is 181 g/mol. The Kier molecular flexibility index (Phi) is 3.41. The van der Waals surface area contributed by atoms with E-state index in [0.29, 0.717) is 24.6 Å². The third-order valence-electron chi connectivity index (χ3n) is 1.65. The zero-order valence-electron chi connectivity index (χ0n) is 7.65.